The molecule has 0 radical (unpaired) electrons. The van der Waals surface area contributed by atoms with Gasteiger partial charge in [-0.2, -0.15) is 0 Å². The van der Waals surface area contributed by atoms with Gasteiger partial charge in [-0.3, -0.25) is 9.59 Å². The Hall–Kier alpha value is -4.13. The Labute approximate surface area is 172 Å². The summed E-state index contributed by atoms with van der Waals surface area (Å²) in [5.41, 5.74) is 1.94. The zero-order chi connectivity index (χ0) is 21.7. The molecule has 0 aliphatic carbocycles. The standard InChI is InChI=1S/C23H18O7/c1-14-3-5-15(6-4-14)22(25)16-7-9-17(10-8-16)30-21-11-18(23(26)27)19(28-2)12-20(21)29-13-24/h3-13H,1-2H3,(H,26,27). The number of ketones is 1. The molecule has 0 spiro atoms. The third kappa shape index (κ3) is 4.47. The van der Waals surface area contributed by atoms with Crippen molar-refractivity contribution in [1.82, 2.24) is 0 Å². The number of ether oxygens (including phenoxy) is 3. The molecule has 0 saturated carbocycles. The Morgan fingerprint density at radius 1 is 0.867 bits per heavy atom. The fraction of sp³-hybridized carbons (Fsp3) is 0.0870. The number of carboxylic acids is 1. The van der Waals surface area contributed by atoms with Gasteiger partial charge in [0.05, 0.1) is 7.11 Å². The van der Waals surface area contributed by atoms with Crippen LogP contribution in [0.3, 0.4) is 0 Å². The lowest BCUT2D eigenvalue weighted by molar-refractivity contribution is -0.120. The molecule has 3 aromatic rings. The summed E-state index contributed by atoms with van der Waals surface area (Å²) in [7, 11) is 1.30. The lowest BCUT2D eigenvalue weighted by Gasteiger charge is -2.13. The predicted octanol–water partition coefficient (Wildman–Crippen LogP) is 4.26. The number of carbonyl (C=O) groups excluding carboxylic acids is 2. The minimum atomic E-state index is -1.23. The van der Waals surface area contributed by atoms with Crippen molar-refractivity contribution in [3.8, 4) is 23.0 Å². The first kappa shape index (κ1) is 20.6. The van der Waals surface area contributed by atoms with Gasteiger partial charge >= 0.3 is 5.97 Å². The minimum absolute atomic E-state index is 0.00772. The van der Waals surface area contributed by atoms with Crippen LogP contribution in [-0.2, 0) is 4.79 Å². The van der Waals surface area contributed by atoms with Gasteiger partial charge in [-0.15, -0.1) is 0 Å². The van der Waals surface area contributed by atoms with Crippen LogP contribution < -0.4 is 14.2 Å². The fourth-order valence-corrected chi connectivity index (χ4v) is 2.77. The Morgan fingerprint density at radius 3 is 2.00 bits per heavy atom. The number of carbonyl (C=O) groups is 3. The first-order chi connectivity index (χ1) is 14.4. The summed E-state index contributed by atoms with van der Waals surface area (Å²) >= 11 is 0. The van der Waals surface area contributed by atoms with Crippen LogP contribution in [0.5, 0.6) is 23.0 Å². The number of rotatable bonds is 8. The number of hydrogen-bond acceptors (Lipinski definition) is 6. The molecule has 0 unspecified atom stereocenters. The van der Waals surface area contributed by atoms with E-state index in [1.807, 2.05) is 19.1 Å². The van der Waals surface area contributed by atoms with Crippen LogP contribution in [0.4, 0.5) is 0 Å². The highest BCUT2D eigenvalue weighted by atomic mass is 16.5. The zero-order valence-electron chi connectivity index (χ0n) is 16.2. The van der Waals surface area contributed by atoms with Crippen LogP contribution in [0, 0.1) is 6.92 Å². The number of carboxylic acid groups (broad SMARTS) is 1. The van der Waals surface area contributed by atoms with Crippen molar-refractivity contribution in [3.05, 3.63) is 82.9 Å². The van der Waals surface area contributed by atoms with Crippen LogP contribution in [0.1, 0.15) is 31.8 Å². The number of aromatic carboxylic acids is 1. The van der Waals surface area contributed by atoms with E-state index in [4.69, 9.17) is 14.2 Å². The molecule has 0 saturated heterocycles. The van der Waals surface area contributed by atoms with Gasteiger partial charge in [-0.1, -0.05) is 29.8 Å². The van der Waals surface area contributed by atoms with E-state index in [0.29, 0.717) is 16.9 Å². The molecular formula is C23H18O7. The average Bonchev–Trinajstić information content (AvgIpc) is 2.75. The predicted molar refractivity (Wildman–Crippen MR) is 108 cm³/mol. The topological polar surface area (TPSA) is 99.1 Å². The molecule has 30 heavy (non-hydrogen) atoms. The van der Waals surface area contributed by atoms with Gasteiger partial charge in [0, 0.05) is 23.3 Å². The van der Waals surface area contributed by atoms with Crippen molar-refractivity contribution in [2.45, 2.75) is 6.92 Å². The molecule has 0 atom stereocenters. The SMILES string of the molecule is COc1cc(OC=O)c(Oc2ccc(C(=O)c3ccc(C)cc3)cc2)cc1C(=O)O. The van der Waals surface area contributed by atoms with E-state index < -0.39 is 5.97 Å². The fourth-order valence-electron chi connectivity index (χ4n) is 2.77. The second-order valence-corrected chi connectivity index (χ2v) is 6.34. The third-order valence-corrected chi connectivity index (χ3v) is 4.33. The number of methoxy groups -OCH3 is 1. The van der Waals surface area contributed by atoms with Crippen LogP contribution in [0.15, 0.2) is 60.7 Å². The van der Waals surface area contributed by atoms with Gasteiger partial charge in [0.1, 0.15) is 17.1 Å². The molecule has 0 heterocycles. The summed E-state index contributed by atoms with van der Waals surface area (Å²) in [5.74, 6) is -1.01. The van der Waals surface area contributed by atoms with E-state index in [2.05, 4.69) is 0 Å². The molecule has 7 nitrogen and oxygen atoms in total. The Kier molecular flexibility index (Phi) is 6.12. The monoisotopic (exact) mass is 406 g/mol. The van der Waals surface area contributed by atoms with Gasteiger partial charge in [-0.05, 0) is 31.2 Å². The first-order valence-corrected chi connectivity index (χ1v) is 8.88. The van der Waals surface area contributed by atoms with Crippen LogP contribution in [-0.4, -0.2) is 30.4 Å². The quantitative estimate of drug-likeness (QED) is 0.441. The molecule has 3 rings (SSSR count). The molecular weight excluding hydrogens is 388 g/mol. The molecule has 7 heteroatoms. The summed E-state index contributed by atoms with van der Waals surface area (Å²) in [6, 6.07) is 16.0. The van der Waals surface area contributed by atoms with Gasteiger partial charge in [0.15, 0.2) is 17.3 Å². The number of aryl methyl sites for hydroxylation is 1. The summed E-state index contributed by atoms with van der Waals surface area (Å²) in [6.45, 7) is 2.14. The van der Waals surface area contributed by atoms with Gasteiger partial charge in [0.2, 0.25) is 0 Å². The normalized spacial score (nSPS) is 10.2. The third-order valence-electron chi connectivity index (χ3n) is 4.33. The highest BCUT2D eigenvalue weighted by Gasteiger charge is 2.18. The lowest BCUT2D eigenvalue weighted by atomic mass is 10.0. The second-order valence-electron chi connectivity index (χ2n) is 6.34. The zero-order valence-corrected chi connectivity index (χ0v) is 16.2. The molecule has 1 N–H and O–H groups in total. The molecule has 3 aromatic carbocycles. The molecule has 0 aromatic heterocycles. The second kappa shape index (κ2) is 8.91. The molecule has 0 aliphatic rings. The highest BCUT2D eigenvalue weighted by Crippen LogP contribution is 2.37. The average molecular weight is 406 g/mol. The molecule has 0 amide bonds. The molecule has 0 fully saturated rings. The maximum absolute atomic E-state index is 12.6. The van der Waals surface area contributed by atoms with E-state index >= 15 is 0 Å². The number of hydrogen-bond donors (Lipinski definition) is 1. The van der Waals surface area contributed by atoms with Crippen molar-refractivity contribution in [2.75, 3.05) is 7.11 Å². The first-order valence-electron chi connectivity index (χ1n) is 8.88. The largest absolute Gasteiger partial charge is 0.496 e. The van der Waals surface area contributed by atoms with Crippen LogP contribution >= 0.6 is 0 Å². The van der Waals surface area contributed by atoms with Gasteiger partial charge < -0.3 is 19.3 Å². The van der Waals surface area contributed by atoms with Crippen molar-refractivity contribution in [1.29, 1.82) is 0 Å². The van der Waals surface area contributed by atoms with Crippen molar-refractivity contribution < 1.29 is 33.7 Å². The maximum atomic E-state index is 12.6. The van der Waals surface area contributed by atoms with Gasteiger partial charge in [-0.25, -0.2) is 4.79 Å². The van der Waals surface area contributed by atoms with Gasteiger partial charge in [0.25, 0.3) is 6.47 Å². The summed E-state index contributed by atoms with van der Waals surface area (Å²) in [4.78, 5) is 34.8. The molecule has 0 aliphatic heterocycles. The lowest BCUT2D eigenvalue weighted by Crippen LogP contribution is -2.03. The van der Waals surface area contributed by atoms with E-state index in [-0.39, 0.29) is 35.1 Å². The summed E-state index contributed by atoms with van der Waals surface area (Å²) < 4.78 is 15.6. The van der Waals surface area contributed by atoms with E-state index in [9.17, 15) is 19.5 Å². The summed E-state index contributed by atoms with van der Waals surface area (Å²) in [6.07, 6.45) is 0. The Morgan fingerprint density at radius 2 is 1.47 bits per heavy atom. The van der Waals surface area contributed by atoms with E-state index in [1.54, 1.807) is 36.4 Å². The minimum Gasteiger partial charge on any atom is -0.496 e. The van der Waals surface area contributed by atoms with E-state index in [0.717, 1.165) is 5.56 Å². The van der Waals surface area contributed by atoms with Crippen LogP contribution in [0.2, 0.25) is 0 Å². The maximum Gasteiger partial charge on any atom is 0.339 e. The molecule has 152 valence electrons. The van der Waals surface area contributed by atoms with E-state index in [1.165, 1.54) is 19.2 Å². The summed E-state index contributed by atoms with van der Waals surface area (Å²) in [5, 5.41) is 9.35. The van der Waals surface area contributed by atoms with Crippen molar-refractivity contribution in [2.24, 2.45) is 0 Å². The van der Waals surface area contributed by atoms with Crippen LogP contribution in [0.25, 0.3) is 0 Å². The van der Waals surface area contributed by atoms with Crippen molar-refractivity contribution in [3.63, 3.8) is 0 Å². The Balaban J connectivity index is 1.88. The van der Waals surface area contributed by atoms with Crippen molar-refractivity contribution >= 4 is 18.2 Å². The highest BCUT2D eigenvalue weighted by molar-refractivity contribution is 6.09. The molecule has 0 bridgehead atoms. The number of benzene rings is 3. The smallest absolute Gasteiger partial charge is 0.339 e. The Bertz CT molecular complexity index is 1080.